The molecule has 0 radical (unpaired) electrons. The Morgan fingerprint density at radius 1 is 0.917 bits per heavy atom. The van der Waals surface area contributed by atoms with Gasteiger partial charge in [0, 0.05) is 32.1 Å². The lowest BCUT2D eigenvalue weighted by molar-refractivity contribution is -0.230. The summed E-state index contributed by atoms with van der Waals surface area (Å²) in [5, 5.41) is 47.9. The van der Waals surface area contributed by atoms with Crippen molar-refractivity contribution in [1.82, 2.24) is 0 Å². The van der Waals surface area contributed by atoms with Crippen LogP contribution in [0.4, 0.5) is 0 Å². The van der Waals surface area contributed by atoms with E-state index in [0.29, 0.717) is 30.4 Å². The lowest BCUT2D eigenvalue weighted by Gasteiger charge is -2.64. The molecule has 14 atom stereocenters. The van der Waals surface area contributed by atoms with Crippen LogP contribution in [0.5, 0.6) is 0 Å². The predicted molar refractivity (Wildman–Crippen MR) is 165 cm³/mol. The van der Waals surface area contributed by atoms with Crippen LogP contribution in [0.25, 0.3) is 0 Å². The highest BCUT2D eigenvalue weighted by atomic mass is 16.6. The van der Waals surface area contributed by atoms with E-state index in [4.69, 9.17) is 29.3 Å². The van der Waals surface area contributed by atoms with Gasteiger partial charge in [-0.1, -0.05) is 13.8 Å². The second kappa shape index (κ2) is 11.9. The van der Waals surface area contributed by atoms with E-state index >= 15 is 0 Å². The summed E-state index contributed by atoms with van der Waals surface area (Å²) in [7, 11) is 0. The molecule has 7 rings (SSSR count). The second-order valence-corrected chi connectivity index (χ2v) is 16.0. The topological polar surface area (TPSA) is 222 Å². The molecule has 13 nitrogen and oxygen atoms in total. The van der Waals surface area contributed by atoms with Gasteiger partial charge in [0.2, 0.25) is 5.78 Å². The number of rotatable bonds is 3. The van der Waals surface area contributed by atoms with Crippen molar-refractivity contribution >= 4 is 35.6 Å². The maximum absolute atomic E-state index is 14.3. The SMILES string of the molecule is CC(=O)O.CC(=O)O.CC(=O)OC1C(=O)C2(O)C[C@@H]3C[C@@H]3CC2(C)C2CCC3(C)C(CC4C3[C@H](CC(=O)O)C=C3OC(=O)C(O)C34C)C12. The van der Waals surface area contributed by atoms with Crippen molar-refractivity contribution in [3.63, 3.8) is 0 Å². The van der Waals surface area contributed by atoms with E-state index in [-0.39, 0.29) is 41.8 Å². The molecule has 0 aromatic carbocycles. The number of hydrogen-bond acceptors (Lipinski definition) is 10. The van der Waals surface area contributed by atoms with E-state index in [1.807, 2.05) is 6.92 Å². The van der Waals surface area contributed by atoms with Crippen LogP contribution in [0.15, 0.2) is 11.8 Å². The van der Waals surface area contributed by atoms with Crippen LogP contribution >= 0.6 is 0 Å². The Labute approximate surface area is 279 Å². The number of esters is 2. The standard InChI is InChI=1S/C31H40O9.2C2H4O2/c1-13(32)39-24-22-17(29(3)11-15-7-16(15)12-31(29,38)25(24)35)5-6-28(2)18(22)10-19-23(28)14(9-21(33)34)8-20-30(19,4)26(36)27(37)40-20;2*1-2(3)4/h8,14-19,22-24,26,36,38H,5-7,9-12H2,1-4H3,(H,33,34);2*1H3,(H,3,4)/t14-,15+,16-,17?,18?,19?,22?,23?,24?,26?,28?,29?,30?,31?;;/m0../s1. The number of carbonyl (C=O) groups excluding carboxylic acids is 3. The zero-order valence-corrected chi connectivity index (χ0v) is 28.3. The van der Waals surface area contributed by atoms with Crippen LogP contribution < -0.4 is 0 Å². The summed E-state index contributed by atoms with van der Waals surface area (Å²) >= 11 is 0. The lowest BCUT2D eigenvalue weighted by atomic mass is 9.42. The van der Waals surface area contributed by atoms with Gasteiger partial charge in [0.15, 0.2) is 12.2 Å². The Balaban J connectivity index is 0.000000510. The van der Waals surface area contributed by atoms with Gasteiger partial charge in [-0.3, -0.25) is 24.0 Å². The van der Waals surface area contributed by atoms with Gasteiger partial charge in [-0.25, -0.2) is 4.79 Å². The van der Waals surface area contributed by atoms with Crippen molar-refractivity contribution in [2.24, 2.45) is 63.6 Å². The Kier molecular flexibility index (Phi) is 8.94. The molecule has 0 aromatic heterocycles. The highest BCUT2D eigenvalue weighted by molar-refractivity contribution is 5.95. The molecule has 0 aromatic rings. The molecule has 13 heteroatoms. The summed E-state index contributed by atoms with van der Waals surface area (Å²) in [4.78, 5) is 69.3. The molecule has 6 fully saturated rings. The van der Waals surface area contributed by atoms with Gasteiger partial charge in [-0.05, 0) is 98.4 Å². The summed E-state index contributed by atoms with van der Waals surface area (Å²) in [5.41, 5.74) is -3.61. The summed E-state index contributed by atoms with van der Waals surface area (Å²) in [6.45, 7) is 9.53. The average Bonchev–Trinajstić information content (AvgIpc) is 3.53. The molecule has 48 heavy (non-hydrogen) atoms. The fraction of sp³-hybridized carbons (Fsp3) is 0.771. The number of hydrogen-bond donors (Lipinski definition) is 5. The Hall–Kier alpha value is -3.32. The molecule has 11 unspecified atom stereocenters. The first-order chi connectivity index (χ1) is 22.1. The molecule has 7 aliphatic rings. The molecule has 0 bridgehead atoms. The fourth-order valence-corrected chi connectivity index (χ4v) is 11.5. The first-order valence-corrected chi connectivity index (χ1v) is 16.8. The number of ketones is 1. The number of carbonyl (C=O) groups is 6. The number of ether oxygens (including phenoxy) is 2. The maximum Gasteiger partial charge on any atom is 0.341 e. The molecule has 5 N–H and O–H groups in total. The van der Waals surface area contributed by atoms with Crippen molar-refractivity contribution in [1.29, 1.82) is 0 Å². The van der Waals surface area contributed by atoms with E-state index in [9.17, 15) is 34.5 Å². The van der Waals surface area contributed by atoms with Crippen molar-refractivity contribution in [3.8, 4) is 0 Å². The normalized spacial score (nSPS) is 47.2. The van der Waals surface area contributed by atoms with Crippen LogP contribution in [0.3, 0.4) is 0 Å². The summed E-state index contributed by atoms with van der Waals surface area (Å²) < 4.78 is 11.4. The Morgan fingerprint density at radius 3 is 2.06 bits per heavy atom. The fourth-order valence-electron chi connectivity index (χ4n) is 11.5. The predicted octanol–water partition coefficient (Wildman–Crippen LogP) is 3.05. The first kappa shape index (κ1) is 36.0. The van der Waals surface area contributed by atoms with Crippen molar-refractivity contribution in [3.05, 3.63) is 11.8 Å². The van der Waals surface area contributed by atoms with Crippen LogP contribution in [0.2, 0.25) is 0 Å². The highest BCUT2D eigenvalue weighted by Gasteiger charge is 2.76. The molecular formula is C35H48O13. The third-order valence-corrected chi connectivity index (χ3v) is 13.4. The number of carboxylic acids is 3. The quantitative estimate of drug-likeness (QED) is 0.272. The van der Waals surface area contributed by atoms with Gasteiger partial charge >= 0.3 is 17.9 Å². The number of Topliss-reactive ketones (excluding diaryl/α,β-unsaturated/α-hetero) is 1. The highest BCUT2D eigenvalue weighted by Crippen LogP contribution is 2.75. The average molecular weight is 677 g/mol. The smallest absolute Gasteiger partial charge is 0.341 e. The number of fused-ring (bicyclic) bond motifs is 10. The van der Waals surface area contributed by atoms with E-state index in [1.165, 1.54) is 6.92 Å². The minimum atomic E-state index is -1.54. The van der Waals surface area contributed by atoms with Crippen LogP contribution in [0.1, 0.15) is 86.5 Å². The summed E-state index contributed by atoms with van der Waals surface area (Å²) in [5.74, 6) is -4.44. The summed E-state index contributed by atoms with van der Waals surface area (Å²) in [6.07, 6.45) is 3.44. The largest absolute Gasteiger partial charge is 0.481 e. The number of aliphatic hydroxyl groups excluding tert-OH is 1. The van der Waals surface area contributed by atoms with Gasteiger partial charge in [-0.15, -0.1) is 0 Å². The third-order valence-electron chi connectivity index (χ3n) is 13.4. The van der Waals surface area contributed by atoms with Gasteiger partial charge in [-0.2, -0.15) is 0 Å². The second-order valence-electron chi connectivity index (χ2n) is 16.0. The molecule has 1 aliphatic heterocycles. The molecule has 0 spiro atoms. The molecule has 6 aliphatic carbocycles. The first-order valence-electron chi connectivity index (χ1n) is 16.8. The van der Waals surface area contributed by atoms with Gasteiger partial charge < -0.3 is 35.0 Å². The van der Waals surface area contributed by atoms with Gasteiger partial charge in [0.1, 0.15) is 11.4 Å². The molecule has 5 saturated carbocycles. The molecule has 0 amide bonds. The van der Waals surface area contributed by atoms with Crippen LogP contribution in [0, 0.1) is 63.6 Å². The minimum absolute atomic E-state index is 0.0520. The van der Waals surface area contributed by atoms with Gasteiger partial charge in [0.05, 0.1) is 11.8 Å². The van der Waals surface area contributed by atoms with Crippen molar-refractivity contribution in [2.75, 3.05) is 0 Å². The van der Waals surface area contributed by atoms with E-state index in [2.05, 4.69) is 13.8 Å². The molecule has 1 saturated heterocycles. The Bertz CT molecular complexity index is 1430. The number of aliphatic hydroxyl groups is 2. The van der Waals surface area contributed by atoms with E-state index in [1.54, 1.807) is 6.08 Å². The number of carboxylic acid groups (broad SMARTS) is 3. The molecule has 266 valence electrons. The molecular weight excluding hydrogens is 628 g/mol. The van der Waals surface area contributed by atoms with Crippen LogP contribution in [-0.2, 0) is 38.2 Å². The number of allylic oxidation sites excluding steroid dienone is 1. The van der Waals surface area contributed by atoms with Crippen molar-refractivity contribution in [2.45, 2.75) is 104 Å². The van der Waals surface area contributed by atoms with Gasteiger partial charge in [0.25, 0.3) is 11.9 Å². The molecule has 1 heterocycles. The minimum Gasteiger partial charge on any atom is -0.481 e. The Morgan fingerprint density at radius 2 is 1.50 bits per heavy atom. The van der Waals surface area contributed by atoms with E-state index in [0.717, 1.165) is 39.5 Å². The third kappa shape index (κ3) is 5.35. The zero-order chi connectivity index (χ0) is 35.9. The summed E-state index contributed by atoms with van der Waals surface area (Å²) in [6, 6.07) is 0. The lowest BCUT2D eigenvalue weighted by Crippen LogP contribution is -2.71. The number of aliphatic carboxylic acids is 3. The zero-order valence-electron chi connectivity index (χ0n) is 28.3. The van der Waals surface area contributed by atoms with Crippen molar-refractivity contribution < 1.29 is 63.8 Å². The van der Waals surface area contributed by atoms with Crippen LogP contribution in [-0.4, -0.2) is 79.0 Å². The maximum atomic E-state index is 14.3. The monoisotopic (exact) mass is 676 g/mol. The van der Waals surface area contributed by atoms with E-state index < -0.39 is 69.8 Å².